The molecule has 7 heteroatoms. The van der Waals surface area contributed by atoms with Crippen LogP contribution in [0.25, 0.3) is 5.65 Å². The molecule has 0 aliphatic rings. The summed E-state index contributed by atoms with van der Waals surface area (Å²) in [6, 6.07) is 10.2. The number of nitrogens with zero attached hydrogens (tertiary/aromatic N) is 3. The van der Waals surface area contributed by atoms with Gasteiger partial charge in [0.2, 0.25) is 5.91 Å². The van der Waals surface area contributed by atoms with E-state index in [0.717, 1.165) is 37.2 Å². The molecule has 0 saturated carbocycles. The molecule has 1 amide bonds. The number of rotatable bonds is 8. The first kappa shape index (κ1) is 18.3. The number of aromatic nitrogens is 3. The summed E-state index contributed by atoms with van der Waals surface area (Å²) in [4.78, 5) is 11.9. The summed E-state index contributed by atoms with van der Waals surface area (Å²) in [6.45, 7) is 0.561. The average Bonchev–Trinajstić information content (AvgIpc) is 3.04. The topological polar surface area (TPSA) is 59.3 Å². The molecular formula is C19H20ClFN4O. The molecule has 0 unspecified atom stereocenters. The van der Waals surface area contributed by atoms with Crippen LogP contribution in [0.5, 0.6) is 0 Å². The van der Waals surface area contributed by atoms with Gasteiger partial charge in [0.15, 0.2) is 5.65 Å². The number of carbonyl (C=O) groups excluding carboxylic acids is 1. The van der Waals surface area contributed by atoms with E-state index in [2.05, 4.69) is 15.5 Å². The Kier molecular flexibility index (Phi) is 6.17. The third kappa shape index (κ3) is 4.58. The first-order chi connectivity index (χ1) is 12.6. The van der Waals surface area contributed by atoms with E-state index in [-0.39, 0.29) is 22.9 Å². The summed E-state index contributed by atoms with van der Waals surface area (Å²) in [5.41, 5.74) is 1.09. The predicted molar refractivity (Wildman–Crippen MR) is 98.7 cm³/mol. The minimum absolute atomic E-state index is 0.0444. The molecule has 0 fully saturated rings. The van der Waals surface area contributed by atoms with E-state index in [1.807, 2.05) is 28.8 Å². The second kappa shape index (κ2) is 8.76. The third-order valence-electron chi connectivity index (χ3n) is 4.18. The van der Waals surface area contributed by atoms with Crippen LogP contribution in [0.2, 0.25) is 5.02 Å². The Hall–Kier alpha value is -2.47. The summed E-state index contributed by atoms with van der Waals surface area (Å²) >= 11 is 5.93. The number of pyridine rings is 1. The van der Waals surface area contributed by atoms with Crippen molar-refractivity contribution >= 4 is 23.2 Å². The minimum atomic E-state index is -0.451. The van der Waals surface area contributed by atoms with E-state index < -0.39 is 5.82 Å². The van der Waals surface area contributed by atoms with E-state index >= 15 is 0 Å². The zero-order chi connectivity index (χ0) is 18.4. The van der Waals surface area contributed by atoms with Gasteiger partial charge in [0, 0.05) is 29.7 Å². The Labute approximate surface area is 156 Å². The Morgan fingerprint density at radius 2 is 2.00 bits per heavy atom. The van der Waals surface area contributed by atoms with Crippen LogP contribution in [-0.2, 0) is 17.6 Å². The van der Waals surface area contributed by atoms with Gasteiger partial charge in [-0.2, -0.15) is 0 Å². The van der Waals surface area contributed by atoms with E-state index in [1.54, 1.807) is 6.07 Å². The fourth-order valence-corrected chi connectivity index (χ4v) is 3.03. The van der Waals surface area contributed by atoms with Gasteiger partial charge in [-0.1, -0.05) is 30.2 Å². The lowest BCUT2D eigenvalue weighted by Crippen LogP contribution is -2.26. The fourth-order valence-electron chi connectivity index (χ4n) is 2.80. The zero-order valence-corrected chi connectivity index (χ0v) is 15.0. The maximum atomic E-state index is 13.7. The summed E-state index contributed by atoms with van der Waals surface area (Å²) in [7, 11) is 0. The Bertz CT molecular complexity index is 876. The molecule has 5 nitrogen and oxygen atoms in total. The number of hydrogen-bond donors (Lipinski definition) is 1. The zero-order valence-electron chi connectivity index (χ0n) is 14.3. The maximum absolute atomic E-state index is 13.7. The van der Waals surface area contributed by atoms with Gasteiger partial charge >= 0.3 is 0 Å². The number of fused-ring (bicyclic) bond motifs is 1. The van der Waals surface area contributed by atoms with Crippen molar-refractivity contribution in [1.82, 2.24) is 19.9 Å². The number of halogens is 2. The predicted octanol–water partition coefficient (Wildman–Crippen LogP) is 3.59. The highest BCUT2D eigenvalue weighted by molar-refractivity contribution is 6.31. The first-order valence-electron chi connectivity index (χ1n) is 8.63. The number of amides is 1. The van der Waals surface area contributed by atoms with Gasteiger partial charge in [-0.3, -0.25) is 9.20 Å². The van der Waals surface area contributed by atoms with E-state index in [9.17, 15) is 9.18 Å². The number of unbranched alkanes of at least 4 members (excludes halogenated alkanes) is 2. The van der Waals surface area contributed by atoms with Crippen LogP contribution < -0.4 is 5.32 Å². The van der Waals surface area contributed by atoms with Crippen molar-refractivity contribution in [2.24, 2.45) is 0 Å². The summed E-state index contributed by atoms with van der Waals surface area (Å²) in [6.07, 6.45) is 5.53. The summed E-state index contributed by atoms with van der Waals surface area (Å²) < 4.78 is 15.7. The lowest BCUT2D eigenvalue weighted by molar-refractivity contribution is -0.120. The number of carbonyl (C=O) groups is 1. The van der Waals surface area contributed by atoms with Gasteiger partial charge < -0.3 is 5.32 Å². The van der Waals surface area contributed by atoms with Gasteiger partial charge in [-0.25, -0.2) is 4.39 Å². The normalized spacial score (nSPS) is 11.0. The highest BCUT2D eigenvalue weighted by Crippen LogP contribution is 2.19. The average molecular weight is 375 g/mol. The molecule has 0 saturated heterocycles. The molecule has 3 aromatic rings. The number of aryl methyl sites for hydroxylation is 1. The second-order valence-electron chi connectivity index (χ2n) is 6.08. The van der Waals surface area contributed by atoms with Gasteiger partial charge in [0.25, 0.3) is 0 Å². The standard InChI is InChI=1S/C19H20ClFN4O/c20-15-7-6-8-16(21)14(15)13-19(26)22-11-4-1-2-9-17-23-24-18-10-3-5-12-25(17)18/h3,5-8,10,12H,1-2,4,9,11,13H2,(H,22,26). The van der Waals surface area contributed by atoms with E-state index in [0.29, 0.717) is 6.54 Å². The Morgan fingerprint density at radius 3 is 2.85 bits per heavy atom. The number of hydrogen-bond acceptors (Lipinski definition) is 3. The van der Waals surface area contributed by atoms with Crippen molar-refractivity contribution in [1.29, 1.82) is 0 Å². The lowest BCUT2D eigenvalue weighted by atomic mass is 10.1. The number of nitrogens with one attached hydrogen (secondary N) is 1. The fraction of sp³-hybridized carbons (Fsp3) is 0.316. The van der Waals surface area contributed by atoms with Crippen LogP contribution in [0.4, 0.5) is 4.39 Å². The van der Waals surface area contributed by atoms with Crippen molar-refractivity contribution < 1.29 is 9.18 Å². The van der Waals surface area contributed by atoms with Crippen LogP contribution in [0, 0.1) is 5.82 Å². The van der Waals surface area contributed by atoms with Crippen LogP contribution in [-0.4, -0.2) is 27.0 Å². The molecule has 136 valence electrons. The highest BCUT2D eigenvalue weighted by Gasteiger charge is 2.11. The molecule has 2 aromatic heterocycles. The van der Waals surface area contributed by atoms with Gasteiger partial charge in [-0.05, 0) is 37.1 Å². The Morgan fingerprint density at radius 1 is 1.12 bits per heavy atom. The molecule has 1 aromatic carbocycles. The van der Waals surface area contributed by atoms with Gasteiger partial charge in [0.1, 0.15) is 11.6 Å². The van der Waals surface area contributed by atoms with Crippen molar-refractivity contribution in [2.75, 3.05) is 6.54 Å². The molecule has 0 bridgehead atoms. The molecular weight excluding hydrogens is 355 g/mol. The molecule has 3 rings (SSSR count). The smallest absolute Gasteiger partial charge is 0.224 e. The van der Waals surface area contributed by atoms with Gasteiger partial charge in [-0.15, -0.1) is 10.2 Å². The molecule has 0 atom stereocenters. The minimum Gasteiger partial charge on any atom is -0.356 e. The number of benzene rings is 1. The van der Waals surface area contributed by atoms with Crippen molar-refractivity contribution in [2.45, 2.75) is 32.1 Å². The molecule has 0 radical (unpaired) electrons. The molecule has 26 heavy (non-hydrogen) atoms. The summed E-state index contributed by atoms with van der Waals surface area (Å²) in [5.74, 6) is 0.271. The molecule has 2 heterocycles. The van der Waals surface area contributed by atoms with E-state index in [4.69, 9.17) is 11.6 Å². The Balaban J connectivity index is 1.36. The van der Waals surface area contributed by atoms with Crippen molar-refractivity contribution in [3.05, 3.63) is 64.8 Å². The molecule has 0 spiro atoms. The van der Waals surface area contributed by atoms with Crippen LogP contribution in [0.1, 0.15) is 30.7 Å². The highest BCUT2D eigenvalue weighted by atomic mass is 35.5. The SMILES string of the molecule is O=C(Cc1c(F)cccc1Cl)NCCCCCc1nnc2ccccn12. The second-order valence-corrected chi connectivity index (χ2v) is 6.49. The third-order valence-corrected chi connectivity index (χ3v) is 4.54. The molecule has 0 aliphatic carbocycles. The summed E-state index contributed by atoms with van der Waals surface area (Å²) in [5, 5.41) is 11.4. The monoisotopic (exact) mass is 374 g/mol. The molecule has 1 N–H and O–H groups in total. The lowest BCUT2D eigenvalue weighted by Gasteiger charge is -2.07. The maximum Gasteiger partial charge on any atom is 0.224 e. The van der Waals surface area contributed by atoms with Crippen LogP contribution in [0.15, 0.2) is 42.6 Å². The van der Waals surface area contributed by atoms with Crippen molar-refractivity contribution in [3.63, 3.8) is 0 Å². The van der Waals surface area contributed by atoms with Crippen LogP contribution in [0.3, 0.4) is 0 Å². The van der Waals surface area contributed by atoms with Crippen LogP contribution >= 0.6 is 11.6 Å². The largest absolute Gasteiger partial charge is 0.356 e. The van der Waals surface area contributed by atoms with E-state index in [1.165, 1.54) is 12.1 Å². The first-order valence-corrected chi connectivity index (χ1v) is 9.01. The van der Waals surface area contributed by atoms with Crippen molar-refractivity contribution in [3.8, 4) is 0 Å². The molecule has 0 aliphatic heterocycles. The quantitative estimate of drug-likeness (QED) is 0.613. The van der Waals surface area contributed by atoms with Gasteiger partial charge in [0.05, 0.1) is 6.42 Å².